The molecular formula is C23H27NO4S. The van der Waals surface area contributed by atoms with Gasteiger partial charge in [-0.05, 0) is 49.4 Å². The topological polar surface area (TPSA) is 64.6 Å². The van der Waals surface area contributed by atoms with E-state index < -0.39 is 5.97 Å². The molecule has 1 atom stereocenters. The summed E-state index contributed by atoms with van der Waals surface area (Å²) in [7, 11) is 0. The molecule has 0 spiro atoms. The summed E-state index contributed by atoms with van der Waals surface area (Å²) in [4.78, 5) is 25.3. The van der Waals surface area contributed by atoms with Gasteiger partial charge in [-0.3, -0.25) is 4.79 Å². The minimum Gasteiger partial charge on any atom is -0.452 e. The Hall–Kier alpha value is -2.31. The largest absolute Gasteiger partial charge is 0.452 e. The van der Waals surface area contributed by atoms with Gasteiger partial charge < -0.3 is 14.8 Å². The van der Waals surface area contributed by atoms with E-state index in [1.54, 1.807) is 23.9 Å². The van der Waals surface area contributed by atoms with Crippen LogP contribution in [-0.4, -0.2) is 43.5 Å². The Labute approximate surface area is 176 Å². The van der Waals surface area contributed by atoms with Gasteiger partial charge in [-0.15, -0.1) is 11.8 Å². The SMILES string of the molecule is Cc1ccccc1CCNC(=O)COC(=O)c1ccccc1SC[C@H]1CCCO1. The number of aryl methyl sites for hydroxylation is 1. The number of hydrogen-bond acceptors (Lipinski definition) is 5. The third kappa shape index (κ3) is 6.61. The van der Waals surface area contributed by atoms with Crippen molar-refractivity contribution in [3.63, 3.8) is 0 Å². The second-order valence-corrected chi connectivity index (χ2v) is 8.11. The van der Waals surface area contributed by atoms with Crippen LogP contribution in [0.2, 0.25) is 0 Å². The Balaban J connectivity index is 1.43. The number of carbonyl (C=O) groups excluding carboxylic acids is 2. The van der Waals surface area contributed by atoms with E-state index in [9.17, 15) is 9.59 Å². The van der Waals surface area contributed by atoms with E-state index in [4.69, 9.17) is 9.47 Å². The van der Waals surface area contributed by atoms with Gasteiger partial charge in [0.1, 0.15) is 0 Å². The predicted molar refractivity (Wildman–Crippen MR) is 114 cm³/mol. The molecule has 29 heavy (non-hydrogen) atoms. The van der Waals surface area contributed by atoms with Crippen molar-refractivity contribution in [3.05, 3.63) is 65.2 Å². The van der Waals surface area contributed by atoms with Crippen molar-refractivity contribution in [1.29, 1.82) is 0 Å². The molecule has 6 heteroatoms. The molecular weight excluding hydrogens is 386 g/mol. The average Bonchev–Trinajstić information content (AvgIpc) is 3.26. The van der Waals surface area contributed by atoms with Crippen LogP contribution in [0.4, 0.5) is 0 Å². The van der Waals surface area contributed by atoms with E-state index in [0.29, 0.717) is 12.1 Å². The van der Waals surface area contributed by atoms with Crippen molar-refractivity contribution in [2.75, 3.05) is 25.5 Å². The van der Waals surface area contributed by atoms with Gasteiger partial charge in [-0.2, -0.15) is 0 Å². The molecule has 2 aromatic carbocycles. The highest BCUT2D eigenvalue weighted by Crippen LogP contribution is 2.27. The van der Waals surface area contributed by atoms with Crippen molar-refractivity contribution in [2.45, 2.75) is 37.2 Å². The maximum atomic E-state index is 12.5. The molecule has 0 aromatic heterocycles. The van der Waals surface area contributed by atoms with Gasteiger partial charge in [-0.25, -0.2) is 4.79 Å². The monoisotopic (exact) mass is 413 g/mol. The molecule has 1 N–H and O–H groups in total. The summed E-state index contributed by atoms with van der Waals surface area (Å²) in [6, 6.07) is 15.4. The highest BCUT2D eigenvalue weighted by molar-refractivity contribution is 7.99. The number of benzene rings is 2. The van der Waals surface area contributed by atoms with Gasteiger partial charge in [0, 0.05) is 23.8 Å². The third-order valence-corrected chi connectivity index (χ3v) is 6.07. The Bertz CT molecular complexity index is 833. The van der Waals surface area contributed by atoms with Crippen LogP contribution in [-0.2, 0) is 20.7 Å². The first-order chi connectivity index (χ1) is 14.1. The fourth-order valence-electron chi connectivity index (χ4n) is 3.21. The smallest absolute Gasteiger partial charge is 0.339 e. The van der Waals surface area contributed by atoms with E-state index in [0.717, 1.165) is 36.5 Å². The van der Waals surface area contributed by atoms with Crippen LogP contribution < -0.4 is 5.32 Å². The summed E-state index contributed by atoms with van der Waals surface area (Å²) >= 11 is 1.59. The summed E-state index contributed by atoms with van der Waals surface area (Å²) in [5.74, 6) is 0.0369. The first-order valence-electron chi connectivity index (χ1n) is 9.95. The zero-order valence-corrected chi connectivity index (χ0v) is 17.5. The van der Waals surface area contributed by atoms with E-state index in [1.807, 2.05) is 43.3 Å². The lowest BCUT2D eigenvalue weighted by Crippen LogP contribution is -2.30. The van der Waals surface area contributed by atoms with Crippen LogP contribution in [0.25, 0.3) is 0 Å². The number of ether oxygens (including phenoxy) is 2. The van der Waals surface area contributed by atoms with Gasteiger partial charge in [0.15, 0.2) is 6.61 Å². The Morgan fingerprint density at radius 1 is 1.17 bits per heavy atom. The lowest BCUT2D eigenvalue weighted by Gasteiger charge is -2.12. The standard InChI is InChI=1S/C23H27NO4S/c1-17-7-2-3-8-18(17)12-13-24-22(25)15-28-23(26)20-10-4-5-11-21(20)29-16-19-9-6-14-27-19/h2-5,7-8,10-11,19H,6,9,12-16H2,1H3,(H,24,25)/t19-/m1/s1. The molecule has 0 aliphatic carbocycles. The fourth-order valence-corrected chi connectivity index (χ4v) is 4.32. The zero-order valence-electron chi connectivity index (χ0n) is 16.7. The molecule has 0 unspecified atom stereocenters. The minimum atomic E-state index is -0.477. The molecule has 5 nitrogen and oxygen atoms in total. The molecule has 0 saturated carbocycles. The number of thioether (sulfide) groups is 1. The normalized spacial score (nSPS) is 15.8. The van der Waals surface area contributed by atoms with Crippen molar-refractivity contribution >= 4 is 23.6 Å². The maximum Gasteiger partial charge on any atom is 0.339 e. The second kappa shape index (κ2) is 11.0. The van der Waals surface area contributed by atoms with E-state index in [2.05, 4.69) is 5.32 Å². The third-order valence-electron chi connectivity index (χ3n) is 4.87. The van der Waals surface area contributed by atoms with Gasteiger partial charge in [0.2, 0.25) is 0 Å². The molecule has 154 valence electrons. The lowest BCUT2D eigenvalue weighted by atomic mass is 10.1. The maximum absolute atomic E-state index is 12.5. The summed E-state index contributed by atoms with van der Waals surface area (Å²) in [6.07, 6.45) is 3.13. The van der Waals surface area contributed by atoms with Gasteiger partial charge in [-0.1, -0.05) is 36.4 Å². The molecule has 0 bridgehead atoms. The van der Waals surface area contributed by atoms with Gasteiger partial charge in [0.25, 0.3) is 5.91 Å². The molecule has 1 amide bonds. The Morgan fingerprint density at radius 3 is 2.76 bits per heavy atom. The molecule has 0 radical (unpaired) electrons. The molecule has 3 rings (SSSR count). The first-order valence-corrected chi connectivity index (χ1v) is 10.9. The number of carbonyl (C=O) groups is 2. The van der Waals surface area contributed by atoms with Gasteiger partial charge in [0.05, 0.1) is 11.7 Å². The minimum absolute atomic E-state index is 0.239. The average molecular weight is 414 g/mol. The first kappa shape index (κ1) is 21.4. The van der Waals surface area contributed by atoms with Crippen LogP contribution in [0, 0.1) is 6.92 Å². The summed E-state index contributed by atoms with van der Waals surface area (Å²) in [5.41, 5.74) is 2.88. The van der Waals surface area contributed by atoms with E-state index >= 15 is 0 Å². The van der Waals surface area contributed by atoms with E-state index in [1.165, 1.54) is 11.1 Å². The fraction of sp³-hybridized carbons (Fsp3) is 0.391. The van der Waals surface area contributed by atoms with Crippen LogP contribution >= 0.6 is 11.8 Å². The van der Waals surface area contributed by atoms with Crippen molar-refractivity contribution in [1.82, 2.24) is 5.32 Å². The van der Waals surface area contributed by atoms with Gasteiger partial charge >= 0.3 is 5.97 Å². The predicted octanol–water partition coefficient (Wildman–Crippen LogP) is 3.78. The van der Waals surface area contributed by atoms with Crippen LogP contribution in [0.5, 0.6) is 0 Å². The summed E-state index contributed by atoms with van der Waals surface area (Å²) in [6.45, 7) is 3.09. The second-order valence-electron chi connectivity index (χ2n) is 7.04. The lowest BCUT2D eigenvalue weighted by molar-refractivity contribution is -0.124. The summed E-state index contributed by atoms with van der Waals surface area (Å²) in [5, 5.41) is 2.80. The quantitative estimate of drug-likeness (QED) is 0.501. The highest BCUT2D eigenvalue weighted by Gasteiger charge is 2.19. The molecule has 1 heterocycles. The number of esters is 1. The number of amides is 1. The number of hydrogen-bond donors (Lipinski definition) is 1. The van der Waals surface area contributed by atoms with Crippen molar-refractivity contribution < 1.29 is 19.1 Å². The zero-order chi connectivity index (χ0) is 20.5. The Morgan fingerprint density at radius 2 is 1.97 bits per heavy atom. The van der Waals surface area contributed by atoms with Crippen LogP contribution in [0.15, 0.2) is 53.4 Å². The number of rotatable bonds is 9. The molecule has 2 aromatic rings. The van der Waals surface area contributed by atoms with Crippen molar-refractivity contribution in [3.8, 4) is 0 Å². The number of nitrogens with one attached hydrogen (secondary N) is 1. The molecule has 1 aliphatic heterocycles. The van der Waals surface area contributed by atoms with Crippen molar-refractivity contribution in [2.24, 2.45) is 0 Å². The summed E-state index contributed by atoms with van der Waals surface area (Å²) < 4.78 is 10.9. The molecule has 1 aliphatic rings. The van der Waals surface area contributed by atoms with Crippen LogP contribution in [0.1, 0.15) is 34.3 Å². The molecule has 1 saturated heterocycles. The van der Waals surface area contributed by atoms with Crippen LogP contribution in [0.3, 0.4) is 0 Å². The molecule has 1 fully saturated rings. The Kier molecular flexibility index (Phi) is 8.14. The van der Waals surface area contributed by atoms with E-state index in [-0.39, 0.29) is 18.6 Å². The highest BCUT2D eigenvalue weighted by atomic mass is 32.2.